The van der Waals surface area contributed by atoms with Crippen LogP contribution in [0.5, 0.6) is 5.75 Å². The molecule has 4 unspecified atom stereocenters. The maximum Gasteiger partial charge on any atom is 0.123 e. The summed E-state index contributed by atoms with van der Waals surface area (Å²) in [7, 11) is 0. The third-order valence-electron chi connectivity index (χ3n) is 5.25. The van der Waals surface area contributed by atoms with Gasteiger partial charge in [-0.15, -0.1) is 0 Å². The number of fused-ring (bicyclic) bond motifs is 1. The topological polar surface area (TPSA) is 21.3 Å². The normalized spacial score (nSPS) is 29.2. The van der Waals surface area contributed by atoms with Crippen molar-refractivity contribution in [2.24, 2.45) is 11.8 Å². The number of ether oxygens (including phenoxy) is 1. The highest BCUT2D eigenvalue weighted by Crippen LogP contribution is 2.41. The van der Waals surface area contributed by atoms with E-state index in [2.05, 4.69) is 44.3 Å². The summed E-state index contributed by atoms with van der Waals surface area (Å²) in [5, 5.41) is 3.82. The van der Waals surface area contributed by atoms with E-state index in [1.54, 1.807) is 0 Å². The van der Waals surface area contributed by atoms with Crippen molar-refractivity contribution in [3.63, 3.8) is 0 Å². The van der Waals surface area contributed by atoms with Crippen molar-refractivity contribution in [1.29, 1.82) is 0 Å². The zero-order valence-corrected chi connectivity index (χ0v) is 13.7. The second-order valence-corrected chi connectivity index (χ2v) is 7.00. The smallest absolute Gasteiger partial charge is 0.123 e. The lowest BCUT2D eigenvalue weighted by molar-refractivity contribution is 0.254. The first-order valence-corrected chi connectivity index (χ1v) is 8.72. The Hall–Kier alpha value is -1.02. The molecule has 2 aliphatic rings. The van der Waals surface area contributed by atoms with Crippen LogP contribution in [0.2, 0.25) is 0 Å². The minimum absolute atomic E-state index is 0.336. The second-order valence-electron chi connectivity index (χ2n) is 7.00. The predicted octanol–water partition coefficient (Wildman–Crippen LogP) is 4.49. The van der Waals surface area contributed by atoms with Gasteiger partial charge in [-0.1, -0.05) is 38.8 Å². The molecule has 21 heavy (non-hydrogen) atoms. The average Bonchev–Trinajstić information content (AvgIpc) is 3.04. The summed E-state index contributed by atoms with van der Waals surface area (Å²) < 4.78 is 5.85. The van der Waals surface area contributed by atoms with E-state index in [0.717, 1.165) is 30.6 Å². The minimum Gasteiger partial charge on any atom is -0.490 e. The fourth-order valence-electron chi connectivity index (χ4n) is 4.12. The van der Waals surface area contributed by atoms with E-state index in [0.29, 0.717) is 12.1 Å². The van der Waals surface area contributed by atoms with Gasteiger partial charge in [0.15, 0.2) is 0 Å². The van der Waals surface area contributed by atoms with Gasteiger partial charge >= 0.3 is 0 Å². The maximum atomic E-state index is 5.85. The van der Waals surface area contributed by atoms with Gasteiger partial charge in [0, 0.05) is 12.5 Å². The molecular formula is C19H29NO. The van der Waals surface area contributed by atoms with Crippen LogP contribution in [0.15, 0.2) is 18.2 Å². The standard InChI is InChI=1S/C19H29NO/c1-4-10-20-19(17-7-5-6-13(17)2)15-8-9-18-16(12-15)11-14(3)21-18/h8-9,12-14,17,19-20H,4-7,10-11H2,1-3H3. The first kappa shape index (κ1) is 14.9. The van der Waals surface area contributed by atoms with Crippen molar-refractivity contribution in [3.05, 3.63) is 29.3 Å². The molecule has 1 aromatic rings. The molecule has 0 spiro atoms. The first-order chi connectivity index (χ1) is 10.2. The molecule has 1 aliphatic heterocycles. The molecule has 1 aliphatic carbocycles. The second kappa shape index (κ2) is 6.39. The molecule has 4 atom stereocenters. The highest BCUT2D eigenvalue weighted by Gasteiger charge is 2.32. The van der Waals surface area contributed by atoms with Crippen LogP contribution in [0.4, 0.5) is 0 Å². The molecule has 0 amide bonds. The fourth-order valence-corrected chi connectivity index (χ4v) is 4.12. The summed E-state index contributed by atoms with van der Waals surface area (Å²) in [5.74, 6) is 2.72. The maximum absolute atomic E-state index is 5.85. The van der Waals surface area contributed by atoms with Gasteiger partial charge in [0.05, 0.1) is 0 Å². The van der Waals surface area contributed by atoms with E-state index in [1.165, 1.54) is 36.8 Å². The van der Waals surface area contributed by atoms with Crippen LogP contribution >= 0.6 is 0 Å². The molecule has 1 N–H and O–H groups in total. The van der Waals surface area contributed by atoms with Crippen molar-refractivity contribution in [3.8, 4) is 5.75 Å². The lowest BCUT2D eigenvalue weighted by Crippen LogP contribution is -2.30. The van der Waals surface area contributed by atoms with Gasteiger partial charge in [0.1, 0.15) is 11.9 Å². The highest BCUT2D eigenvalue weighted by atomic mass is 16.5. The van der Waals surface area contributed by atoms with Crippen molar-refractivity contribution in [2.45, 2.75) is 65.0 Å². The molecule has 3 rings (SSSR count). The van der Waals surface area contributed by atoms with Crippen LogP contribution in [0.1, 0.15) is 63.6 Å². The van der Waals surface area contributed by atoms with Gasteiger partial charge in [0.25, 0.3) is 0 Å². The number of hydrogen-bond acceptors (Lipinski definition) is 2. The number of nitrogens with one attached hydrogen (secondary N) is 1. The van der Waals surface area contributed by atoms with Crippen LogP contribution in [0.3, 0.4) is 0 Å². The van der Waals surface area contributed by atoms with E-state index in [9.17, 15) is 0 Å². The van der Waals surface area contributed by atoms with Crippen LogP contribution in [-0.4, -0.2) is 12.6 Å². The minimum atomic E-state index is 0.336. The van der Waals surface area contributed by atoms with Gasteiger partial charge in [-0.3, -0.25) is 0 Å². The Kier molecular flexibility index (Phi) is 4.54. The summed E-state index contributed by atoms with van der Waals surface area (Å²) in [6.07, 6.45) is 6.74. The molecule has 1 heterocycles. The number of benzene rings is 1. The zero-order chi connectivity index (χ0) is 14.8. The molecule has 1 fully saturated rings. The molecule has 0 saturated heterocycles. The molecule has 1 saturated carbocycles. The van der Waals surface area contributed by atoms with Crippen molar-refractivity contribution in [1.82, 2.24) is 5.32 Å². The van der Waals surface area contributed by atoms with Gasteiger partial charge in [-0.2, -0.15) is 0 Å². The SMILES string of the molecule is CCCNC(c1ccc2c(c1)CC(C)O2)C1CCCC1C. The average molecular weight is 287 g/mol. The third kappa shape index (κ3) is 3.11. The molecular weight excluding hydrogens is 258 g/mol. The number of hydrogen-bond donors (Lipinski definition) is 1. The van der Waals surface area contributed by atoms with Crippen molar-refractivity contribution < 1.29 is 4.74 Å². The monoisotopic (exact) mass is 287 g/mol. The van der Waals surface area contributed by atoms with Gasteiger partial charge < -0.3 is 10.1 Å². The van der Waals surface area contributed by atoms with Crippen molar-refractivity contribution >= 4 is 0 Å². The molecule has 0 radical (unpaired) electrons. The molecule has 2 nitrogen and oxygen atoms in total. The summed E-state index contributed by atoms with van der Waals surface area (Å²) in [6, 6.07) is 7.39. The Balaban J connectivity index is 1.84. The Morgan fingerprint density at radius 2 is 2.14 bits per heavy atom. The molecule has 0 bridgehead atoms. The van der Waals surface area contributed by atoms with Crippen LogP contribution in [0.25, 0.3) is 0 Å². The fraction of sp³-hybridized carbons (Fsp3) is 0.684. The molecule has 116 valence electrons. The summed E-state index contributed by atoms with van der Waals surface area (Å²) in [4.78, 5) is 0. The third-order valence-corrected chi connectivity index (χ3v) is 5.25. The largest absolute Gasteiger partial charge is 0.490 e. The Labute approximate surface area is 129 Å². The van der Waals surface area contributed by atoms with E-state index >= 15 is 0 Å². The van der Waals surface area contributed by atoms with Crippen LogP contribution < -0.4 is 10.1 Å². The lowest BCUT2D eigenvalue weighted by Gasteiger charge is -2.29. The van der Waals surface area contributed by atoms with Gasteiger partial charge in [-0.05, 0) is 55.3 Å². The number of rotatable bonds is 5. The van der Waals surface area contributed by atoms with E-state index in [1.807, 2.05) is 0 Å². The van der Waals surface area contributed by atoms with E-state index < -0.39 is 0 Å². The van der Waals surface area contributed by atoms with Crippen LogP contribution in [-0.2, 0) is 6.42 Å². The zero-order valence-electron chi connectivity index (χ0n) is 13.7. The summed E-state index contributed by atoms with van der Waals surface area (Å²) in [6.45, 7) is 7.95. The Morgan fingerprint density at radius 3 is 2.86 bits per heavy atom. The van der Waals surface area contributed by atoms with E-state index in [4.69, 9.17) is 4.74 Å². The molecule has 1 aromatic carbocycles. The van der Waals surface area contributed by atoms with Crippen molar-refractivity contribution in [2.75, 3.05) is 6.54 Å². The molecule has 2 heteroatoms. The summed E-state index contributed by atoms with van der Waals surface area (Å²) in [5.41, 5.74) is 2.87. The first-order valence-electron chi connectivity index (χ1n) is 8.72. The summed E-state index contributed by atoms with van der Waals surface area (Å²) >= 11 is 0. The molecule has 0 aromatic heterocycles. The van der Waals surface area contributed by atoms with Gasteiger partial charge in [-0.25, -0.2) is 0 Å². The predicted molar refractivity (Wildman–Crippen MR) is 87.8 cm³/mol. The van der Waals surface area contributed by atoms with Gasteiger partial charge in [0.2, 0.25) is 0 Å². The van der Waals surface area contributed by atoms with E-state index in [-0.39, 0.29) is 0 Å². The quantitative estimate of drug-likeness (QED) is 0.861. The van der Waals surface area contributed by atoms with Crippen LogP contribution in [0, 0.1) is 11.8 Å². The highest BCUT2D eigenvalue weighted by molar-refractivity contribution is 5.41. The Morgan fingerprint density at radius 1 is 1.29 bits per heavy atom. The lowest BCUT2D eigenvalue weighted by atomic mass is 9.85. The Bertz CT molecular complexity index is 484.